The Bertz CT molecular complexity index is 1300. The van der Waals surface area contributed by atoms with Crippen LogP contribution in [0.4, 0.5) is 5.13 Å². The van der Waals surface area contributed by atoms with Crippen molar-refractivity contribution >= 4 is 32.7 Å². The number of thiazole rings is 1. The number of benzene rings is 2. The molecule has 0 atom stereocenters. The molecule has 0 fully saturated rings. The number of ether oxygens (including phenoxy) is 3. The first-order chi connectivity index (χ1) is 16.4. The zero-order chi connectivity index (χ0) is 24.2. The van der Waals surface area contributed by atoms with Crippen molar-refractivity contribution in [3.05, 3.63) is 53.7 Å². The standard InChI is InChI=1S/C24H27N5O4S/c1-15-22-23(29(27-15)17-7-10-18(31-3)11-8-17)26-24(34-22)28(2)14-21(30)25-13-16-6-9-19(32-4)12-20(16)33-5/h6-12H,13-14H2,1-5H3,(H,25,30). The molecule has 1 amide bonds. The highest BCUT2D eigenvalue weighted by molar-refractivity contribution is 7.22. The van der Waals surface area contributed by atoms with Crippen molar-refractivity contribution < 1.29 is 19.0 Å². The number of nitrogens with one attached hydrogen (secondary N) is 1. The van der Waals surface area contributed by atoms with Gasteiger partial charge in [-0.2, -0.15) is 10.1 Å². The smallest absolute Gasteiger partial charge is 0.239 e. The minimum atomic E-state index is -0.117. The number of rotatable bonds is 9. The van der Waals surface area contributed by atoms with E-state index in [2.05, 4.69) is 10.4 Å². The van der Waals surface area contributed by atoms with E-state index in [1.165, 1.54) is 11.3 Å². The topological polar surface area (TPSA) is 90.7 Å². The molecule has 9 nitrogen and oxygen atoms in total. The maximum Gasteiger partial charge on any atom is 0.239 e. The quantitative estimate of drug-likeness (QED) is 0.391. The van der Waals surface area contributed by atoms with E-state index < -0.39 is 0 Å². The fourth-order valence-corrected chi connectivity index (χ4v) is 4.47. The lowest BCUT2D eigenvalue weighted by molar-refractivity contribution is -0.119. The third-order valence-electron chi connectivity index (χ3n) is 5.37. The van der Waals surface area contributed by atoms with Crippen molar-refractivity contribution in [1.82, 2.24) is 20.1 Å². The number of carbonyl (C=O) groups excluding carboxylic acids is 1. The predicted molar refractivity (Wildman–Crippen MR) is 133 cm³/mol. The van der Waals surface area contributed by atoms with Crippen molar-refractivity contribution in [2.24, 2.45) is 0 Å². The van der Waals surface area contributed by atoms with E-state index in [1.54, 1.807) is 27.4 Å². The van der Waals surface area contributed by atoms with Crippen LogP contribution < -0.4 is 24.4 Å². The molecule has 10 heteroatoms. The third-order valence-corrected chi connectivity index (χ3v) is 6.64. The zero-order valence-electron chi connectivity index (χ0n) is 19.8. The molecule has 4 aromatic rings. The summed E-state index contributed by atoms with van der Waals surface area (Å²) in [6.07, 6.45) is 0. The van der Waals surface area contributed by atoms with Crippen LogP contribution in [0, 0.1) is 6.92 Å². The number of likely N-dealkylation sites (N-methyl/N-ethyl adjacent to an activating group) is 1. The zero-order valence-corrected chi connectivity index (χ0v) is 20.6. The molecule has 0 spiro atoms. The first kappa shape index (κ1) is 23.4. The van der Waals surface area contributed by atoms with Gasteiger partial charge in [-0.3, -0.25) is 4.79 Å². The molecule has 1 N–H and O–H groups in total. The van der Waals surface area contributed by atoms with Gasteiger partial charge in [0.2, 0.25) is 5.91 Å². The normalized spacial score (nSPS) is 10.9. The molecule has 2 aromatic heterocycles. The van der Waals surface area contributed by atoms with Crippen LogP contribution in [0.2, 0.25) is 0 Å². The molecule has 0 unspecified atom stereocenters. The van der Waals surface area contributed by atoms with E-state index in [0.717, 1.165) is 38.2 Å². The third kappa shape index (κ3) is 4.76. The van der Waals surface area contributed by atoms with Crippen molar-refractivity contribution in [1.29, 1.82) is 0 Å². The first-order valence-corrected chi connectivity index (χ1v) is 11.4. The number of hydrogen-bond donors (Lipinski definition) is 1. The Labute approximate surface area is 201 Å². The van der Waals surface area contributed by atoms with Crippen molar-refractivity contribution in [2.75, 3.05) is 39.8 Å². The molecule has 0 aliphatic rings. The highest BCUT2D eigenvalue weighted by Crippen LogP contribution is 2.32. The van der Waals surface area contributed by atoms with E-state index in [0.29, 0.717) is 18.0 Å². The Hall–Kier alpha value is -3.79. The molecule has 34 heavy (non-hydrogen) atoms. The number of anilines is 1. The maximum absolute atomic E-state index is 12.6. The van der Waals surface area contributed by atoms with Crippen LogP contribution in [-0.4, -0.2) is 55.6 Å². The van der Waals surface area contributed by atoms with E-state index >= 15 is 0 Å². The fourth-order valence-electron chi connectivity index (χ4n) is 3.52. The van der Waals surface area contributed by atoms with Crippen LogP contribution >= 0.6 is 11.3 Å². The molecule has 2 heterocycles. The molecule has 0 saturated carbocycles. The Kier molecular flexibility index (Phi) is 6.87. The van der Waals surface area contributed by atoms with Gasteiger partial charge in [0.15, 0.2) is 10.8 Å². The van der Waals surface area contributed by atoms with Crippen LogP contribution in [0.3, 0.4) is 0 Å². The van der Waals surface area contributed by atoms with Crippen molar-refractivity contribution in [2.45, 2.75) is 13.5 Å². The number of nitrogens with zero attached hydrogens (tertiary/aromatic N) is 4. The van der Waals surface area contributed by atoms with Gasteiger partial charge in [-0.25, -0.2) is 4.68 Å². The SMILES string of the molecule is COc1ccc(-n2nc(C)c3sc(N(C)CC(=O)NCc4ccc(OC)cc4OC)nc32)cc1. The molecule has 0 radical (unpaired) electrons. The minimum Gasteiger partial charge on any atom is -0.497 e. The summed E-state index contributed by atoms with van der Waals surface area (Å²) in [4.78, 5) is 19.2. The van der Waals surface area contributed by atoms with Gasteiger partial charge in [0.1, 0.15) is 17.2 Å². The van der Waals surface area contributed by atoms with Gasteiger partial charge in [0, 0.05) is 25.2 Å². The van der Waals surface area contributed by atoms with E-state index in [9.17, 15) is 4.79 Å². The lowest BCUT2D eigenvalue weighted by Gasteiger charge is -2.16. The number of aryl methyl sites for hydroxylation is 1. The largest absolute Gasteiger partial charge is 0.497 e. The second-order valence-electron chi connectivity index (χ2n) is 7.65. The van der Waals surface area contributed by atoms with Crippen LogP contribution in [0.25, 0.3) is 16.0 Å². The second-order valence-corrected chi connectivity index (χ2v) is 8.63. The maximum atomic E-state index is 12.6. The fraction of sp³-hybridized carbons (Fsp3) is 0.292. The van der Waals surface area contributed by atoms with Gasteiger partial charge >= 0.3 is 0 Å². The highest BCUT2D eigenvalue weighted by Gasteiger charge is 2.18. The first-order valence-electron chi connectivity index (χ1n) is 10.6. The predicted octanol–water partition coefficient (Wildman–Crippen LogP) is 3.57. The van der Waals surface area contributed by atoms with Crippen molar-refractivity contribution in [3.63, 3.8) is 0 Å². The lowest BCUT2D eigenvalue weighted by atomic mass is 10.2. The Morgan fingerprint density at radius 3 is 2.44 bits per heavy atom. The molecule has 0 bridgehead atoms. The van der Waals surface area contributed by atoms with Gasteiger partial charge in [0.25, 0.3) is 0 Å². The summed E-state index contributed by atoms with van der Waals surface area (Å²) in [5, 5.41) is 8.32. The summed E-state index contributed by atoms with van der Waals surface area (Å²) >= 11 is 1.51. The Morgan fingerprint density at radius 1 is 1.06 bits per heavy atom. The summed E-state index contributed by atoms with van der Waals surface area (Å²) in [6, 6.07) is 13.2. The van der Waals surface area contributed by atoms with Crippen LogP contribution in [-0.2, 0) is 11.3 Å². The molecular weight excluding hydrogens is 454 g/mol. The van der Waals surface area contributed by atoms with Crippen molar-refractivity contribution in [3.8, 4) is 22.9 Å². The van der Waals surface area contributed by atoms with E-state index in [-0.39, 0.29) is 12.5 Å². The molecule has 4 rings (SSSR count). The van der Waals surface area contributed by atoms with E-state index in [1.807, 2.05) is 60.0 Å². The number of fused-ring (bicyclic) bond motifs is 1. The number of amides is 1. The van der Waals surface area contributed by atoms with Gasteiger partial charge < -0.3 is 24.4 Å². The van der Waals surface area contributed by atoms with E-state index in [4.69, 9.17) is 19.2 Å². The number of carbonyl (C=O) groups is 1. The Balaban J connectivity index is 1.45. The molecule has 2 aromatic carbocycles. The molecule has 0 saturated heterocycles. The van der Waals surface area contributed by atoms with Crippen LogP contribution in [0.1, 0.15) is 11.3 Å². The van der Waals surface area contributed by atoms with Gasteiger partial charge in [-0.15, -0.1) is 0 Å². The molecular formula is C24H27N5O4S. The highest BCUT2D eigenvalue weighted by atomic mass is 32.1. The molecule has 0 aliphatic heterocycles. The molecule has 0 aliphatic carbocycles. The summed E-state index contributed by atoms with van der Waals surface area (Å²) in [6.45, 7) is 2.48. The monoisotopic (exact) mass is 481 g/mol. The number of methoxy groups -OCH3 is 3. The van der Waals surface area contributed by atoms with Gasteiger partial charge in [-0.05, 0) is 43.3 Å². The molecule has 178 valence electrons. The average molecular weight is 482 g/mol. The summed E-state index contributed by atoms with van der Waals surface area (Å²) in [5.41, 5.74) is 3.41. The summed E-state index contributed by atoms with van der Waals surface area (Å²) in [7, 11) is 6.68. The summed E-state index contributed by atoms with van der Waals surface area (Å²) < 4.78 is 18.7. The van der Waals surface area contributed by atoms with Gasteiger partial charge in [-0.1, -0.05) is 11.3 Å². The number of hydrogen-bond acceptors (Lipinski definition) is 8. The van der Waals surface area contributed by atoms with Crippen LogP contribution in [0.5, 0.6) is 17.2 Å². The number of aromatic nitrogens is 3. The Morgan fingerprint density at radius 2 is 1.76 bits per heavy atom. The minimum absolute atomic E-state index is 0.117. The lowest BCUT2D eigenvalue weighted by Crippen LogP contribution is -2.34. The van der Waals surface area contributed by atoms with Gasteiger partial charge in [0.05, 0.1) is 44.0 Å². The second kappa shape index (κ2) is 10.0. The summed E-state index contributed by atoms with van der Waals surface area (Å²) in [5.74, 6) is 2.03. The average Bonchev–Trinajstić information content (AvgIpc) is 3.43. The van der Waals surface area contributed by atoms with Crippen LogP contribution in [0.15, 0.2) is 42.5 Å².